The molecule has 5 rings (SSSR count). The molecule has 1 aliphatic carbocycles. The number of halogens is 3. The highest BCUT2D eigenvalue weighted by atomic mass is 19.4. The third kappa shape index (κ3) is 4.36. The summed E-state index contributed by atoms with van der Waals surface area (Å²) in [4.78, 5) is 13.7. The molecule has 0 bridgehead atoms. The van der Waals surface area contributed by atoms with Crippen LogP contribution in [0.2, 0.25) is 0 Å². The molecule has 200 valence electrons. The van der Waals surface area contributed by atoms with Crippen molar-refractivity contribution in [2.75, 3.05) is 5.32 Å². The number of nitrogens with one attached hydrogen (secondary N) is 1. The van der Waals surface area contributed by atoms with Gasteiger partial charge in [0.05, 0.1) is 16.9 Å². The number of benzene rings is 2. The maximum atomic E-state index is 13.7. The fourth-order valence-corrected chi connectivity index (χ4v) is 5.78. The lowest BCUT2D eigenvalue weighted by molar-refractivity contribution is -0.137. The molecule has 0 radical (unpaired) electrons. The molecule has 38 heavy (non-hydrogen) atoms. The Balaban J connectivity index is 1.82. The van der Waals surface area contributed by atoms with Crippen LogP contribution >= 0.6 is 0 Å². The van der Waals surface area contributed by atoms with Crippen LogP contribution in [0, 0.1) is 19.3 Å². The quantitative estimate of drug-likeness (QED) is 0.372. The van der Waals surface area contributed by atoms with Crippen molar-refractivity contribution in [1.29, 1.82) is 0 Å². The van der Waals surface area contributed by atoms with Crippen LogP contribution in [0.5, 0.6) is 0 Å². The molecule has 0 saturated carbocycles. The van der Waals surface area contributed by atoms with Gasteiger partial charge in [0.1, 0.15) is 5.82 Å². The van der Waals surface area contributed by atoms with Gasteiger partial charge in [-0.05, 0) is 60.6 Å². The van der Waals surface area contributed by atoms with Crippen molar-refractivity contribution in [1.82, 2.24) is 9.78 Å². The molecule has 1 N–H and O–H groups in total. The third-order valence-electron chi connectivity index (χ3n) is 7.77. The van der Waals surface area contributed by atoms with E-state index in [2.05, 4.69) is 59.8 Å². The van der Waals surface area contributed by atoms with Crippen LogP contribution in [0.3, 0.4) is 0 Å². The van der Waals surface area contributed by atoms with E-state index in [1.807, 2.05) is 16.8 Å². The Kier molecular flexibility index (Phi) is 5.93. The van der Waals surface area contributed by atoms with Crippen LogP contribution < -0.4 is 5.32 Å². The first-order valence-corrected chi connectivity index (χ1v) is 13.0. The smallest absolute Gasteiger partial charge is 0.343 e. The van der Waals surface area contributed by atoms with E-state index in [0.29, 0.717) is 24.0 Å². The summed E-state index contributed by atoms with van der Waals surface area (Å²) in [6.07, 6.45) is -3.39. The second-order valence-electron chi connectivity index (χ2n) is 12.5. The van der Waals surface area contributed by atoms with Crippen molar-refractivity contribution in [3.63, 3.8) is 0 Å². The minimum Gasteiger partial charge on any atom is -0.343 e. The molecule has 4 nitrogen and oxygen atoms in total. The summed E-state index contributed by atoms with van der Waals surface area (Å²) >= 11 is 0. The van der Waals surface area contributed by atoms with Crippen molar-refractivity contribution in [3.05, 3.63) is 87.2 Å². The third-order valence-corrected chi connectivity index (χ3v) is 7.77. The molecular weight excluding hydrogens is 487 g/mol. The zero-order chi connectivity index (χ0) is 27.8. The fraction of sp³-hybridized carbons (Fsp3) is 0.419. The molecule has 0 fully saturated rings. The first-order valence-electron chi connectivity index (χ1n) is 13.0. The average molecular weight is 522 g/mol. The molecule has 0 spiro atoms. The van der Waals surface area contributed by atoms with Gasteiger partial charge < -0.3 is 5.32 Å². The molecular formula is C31H34F3N3O. The largest absolute Gasteiger partial charge is 0.416 e. The second-order valence-corrected chi connectivity index (χ2v) is 12.5. The maximum Gasteiger partial charge on any atom is 0.416 e. The number of anilines is 1. The van der Waals surface area contributed by atoms with Gasteiger partial charge in [0.25, 0.3) is 0 Å². The van der Waals surface area contributed by atoms with E-state index in [9.17, 15) is 18.0 Å². The van der Waals surface area contributed by atoms with E-state index in [1.54, 1.807) is 0 Å². The molecule has 0 saturated heterocycles. The van der Waals surface area contributed by atoms with Crippen molar-refractivity contribution in [3.8, 4) is 5.69 Å². The summed E-state index contributed by atoms with van der Waals surface area (Å²) in [5.74, 6) is 0.289. The number of Topliss-reactive ketones (excluding diaryl/α,β-unsaturated/α-hetero) is 1. The van der Waals surface area contributed by atoms with Gasteiger partial charge in [0.15, 0.2) is 5.78 Å². The van der Waals surface area contributed by atoms with Gasteiger partial charge in [0, 0.05) is 34.6 Å². The summed E-state index contributed by atoms with van der Waals surface area (Å²) in [6, 6.07) is 11.3. The Morgan fingerprint density at radius 3 is 2.26 bits per heavy atom. The standard InChI is InChI=1S/C31H34F3N3O/c1-17-9-8-10-22(18(17)2)37-28-26(27(36-37)29(3,4)5)24(19-11-13-20(14-12-19)31(32,33)34)25-21(35-28)15-30(6,7)16-23(25)38/h8-14,24,35H,15-16H2,1-7H3. The van der Waals surface area contributed by atoms with Crippen molar-refractivity contribution in [2.45, 2.75) is 78.8 Å². The van der Waals surface area contributed by atoms with Crippen LogP contribution in [0.4, 0.5) is 19.0 Å². The summed E-state index contributed by atoms with van der Waals surface area (Å²) < 4.78 is 42.2. The number of alkyl halides is 3. The predicted molar refractivity (Wildman–Crippen MR) is 144 cm³/mol. The maximum absolute atomic E-state index is 13.7. The summed E-state index contributed by atoms with van der Waals surface area (Å²) in [6.45, 7) is 14.5. The monoisotopic (exact) mass is 521 g/mol. The van der Waals surface area contributed by atoms with Gasteiger partial charge in [-0.3, -0.25) is 4.79 Å². The van der Waals surface area contributed by atoms with Crippen LogP contribution in [-0.2, 0) is 16.4 Å². The topological polar surface area (TPSA) is 46.9 Å². The summed E-state index contributed by atoms with van der Waals surface area (Å²) in [7, 11) is 0. The highest BCUT2D eigenvalue weighted by Crippen LogP contribution is 2.52. The lowest BCUT2D eigenvalue weighted by atomic mass is 9.68. The Labute approximate surface area is 221 Å². The average Bonchev–Trinajstić information content (AvgIpc) is 3.18. The van der Waals surface area contributed by atoms with Gasteiger partial charge in [-0.25, -0.2) is 4.68 Å². The van der Waals surface area contributed by atoms with Gasteiger partial charge in [0.2, 0.25) is 0 Å². The van der Waals surface area contributed by atoms with Crippen LogP contribution in [-0.4, -0.2) is 15.6 Å². The molecule has 2 aromatic carbocycles. The number of hydrogen-bond acceptors (Lipinski definition) is 3. The molecule has 2 heterocycles. The van der Waals surface area contributed by atoms with Crippen molar-refractivity contribution < 1.29 is 18.0 Å². The number of allylic oxidation sites excluding steroid dienone is 2. The Morgan fingerprint density at radius 1 is 1.00 bits per heavy atom. The Morgan fingerprint density at radius 2 is 1.66 bits per heavy atom. The van der Waals surface area contributed by atoms with Gasteiger partial charge in [-0.1, -0.05) is 58.9 Å². The number of fused-ring (bicyclic) bond motifs is 1. The Bertz CT molecular complexity index is 1470. The number of aryl methyl sites for hydroxylation is 1. The zero-order valence-corrected chi connectivity index (χ0v) is 23.0. The van der Waals surface area contributed by atoms with Gasteiger partial charge in [-0.2, -0.15) is 18.3 Å². The second kappa shape index (κ2) is 8.58. The number of nitrogens with zero attached hydrogens (tertiary/aromatic N) is 2. The van der Waals surface area contributed by atoms with E-state index in [1.165, 1.54) is 12.1 Å². The minimum absolute atomic E-state index is 0.0265. The molecule has 1 aromatic heterocycles. The molecule has 0 amide bonds. The highest BCUT2D eigenvalue weighted by Gasteiger charge is 2.45. The van der Waals surface area contributed by atoms with E-state index < -0.39 is 17.7 Å². The highest BCUT2D eigenvalue weighted by molar-refractivity contribution is 6.01. The first kappa shape index (κ1) is 26.3. The molecule has 1 aliphatic heterocycles. The molecule has 1 unspecified atom stereocenters. The van der Waals surface area contributed by atoms with Crippen molar-refractivity contribution >= 4 is 11.6 Å². The van der Waals surface area contributed by atoms with Crippen LogP contribution in [0.1, 0.15) is 86.9 Å². The Hall–Kier alpha value is -3.35. The summed E-state index contributed by atoms with van der Waals surface area (Å²) in [5, 5.41) is 8.73. The number of hydrogen-bond donors (Lipinski definition) is 1. The number of ketones is 1. The zero-order valence-electron chi connectivity index (χ0n) is 23.0. The lowest BCUT2D eigenvalue weighted by Crippen LogP contribution is -2.34. The van der Waals surface area contributed by atoms with Gasteiger partial charge >= 0.3 is 6.18 Å². The summed E-state index contributed by atoms with van der Waals surface area (Å²) in [5.41, 5.74) is 5.63. The minimum atomic E-state index is -4.43. The van der Waals surface area contributed by atoms with E-state index >= 15 is 0 Å². The molecule has 7 heteroatoms. The number of carbonyl (C=O) groups is 1. The van der Waals surface area contributed by atoms with Crippen LogP contribution in [0.15, 0.2) is 53.7 Å². The van der Waals surface area contributed by atoms with Crippen LogP contribution in [0.25, 0.3) is 5.69 Å². The van der Waals surface area contributed by atoms with Gasteiger partial charge in [-0.15, -0.1) is 0 Å². The predicted octanol–water partition coefficient (Wildman–Crippen LogP) is 8.01. The SMILES string of the molecule is Cc1cccc(-n2nc(C(C)(C)C)c3c2NC2=C(C(=O)CC(C)(C)C2)C3c2ccc(C(F)(F)F)cc2)c1C. The van der Waals surface area contributed by atoms with E-state index in [4.69, 9.17) is 5.10 Å². The van der Waals surface area contributed by atoms with Crippen molar-refractivity contribution in [2.24, 2.45) is 5.41 Å². The lowest BCUT2D eigenvalue weighted by Gasteiger charge is -2.39. The van der Waals surface area contributed by atoms with E-state index in [0.717, 1.165) is 51.7 Å². The fourth-order valence-electron chi connectivity index (χ4n) is 5.78. The first-order chi connectivity index (χ1) is 17.6. The number of aromatic nitrogens is 2. The van der Waals surface area contributed by atoms with E-state index in [-0.39, 0.29) is 16.6 Å². The number of carbonyl (C=O) groups excluding carboxylic acids is 1. The number of rotatable bonds is 2. The molecule has 1 atom stereocenters. The normalized spacial score (nSPS) is 19.2. The molecule has 3 aromatic rings. The molecule has 2 aliphatic rings.